The molecule has 0 aliphatic carbocycles. The van der Waals surface area contributed by atoms with Crippen LogP contribution < -0.4 is 10.1 Å². The first-order valence-electron chi connectivity index (χ1n) is 5.58. The number of para-hydroxylation sites is 2. The van der Waals surface area contributed by atoms with E-state index in [2.05, 4.69) is 23.8 Å². The van der Waals surface area contributed by atoms with Gasteiger partial charge >= 0.3 is 0 Å². The van der Waals surface area contributed by atoms with Crippen LogP contribution in [0.1, 0.15) is 0 Å². The molecule has 0 bridgehead atoms. The second-order valence-corrected chi connectivity index (χ2v) is 4.13. The smallest absolute Gasteiger partial charge is 0.142 e. The fourth-order valence-electron chi connectivity index (χ4n) is 1.90. The van der Waals surface area contributed by atoms with E-state index in [1.54, 1.807) is 0 Å². The molecule has 1 aliphatic rings. The Labute approximate surface area is 96.7 Å². The number of nitrogens with one attached hydrogen (secondary N) is 1. The Bertz CT molecular complexity index is 365. The lowest BCUT2D eigenvalue weighted by Gasteiger charge is -2.30. The SMILES string of the molecule is C=CCN(C)CC1CNc2ccccc2O1. The summed E-state index contributed by atoms with van der Waals surface area (Å²) >= 11 is 0. The quantitative estimate of drug-likeness (QED) is 0.782. The average Bonchev–Trinajstić information content (AvgIpc) is 2.29. The van der Waals surface area contributed by atoms with Gasteiger partial charge in [-0.25, -0.2) is 0 Å². The van der Waals surface area contributed by atoms with E-state index < -0.39 is 0 Å². The molecule has 3 heteroatoms. The van der Waals surface area contributed by atoms with E-state index in [9.17, 15) is 0 Å². The molecule has 1 atom stereocenters. The maximum Gasteiger partial charge on any atom is 0.142 e. The lowest BCUT2D eigenvalue weighted by atomic mass is 10.2. The van der Waals surface area contributed by atoms with Crippen LogP contribution in [0, 0.1) is 0 Å². The molecule has 1 aromatic rings. The minimum Gasteiger partial charge on any atom is -0.485 e. The Hall–Kier alpha value is -1.48. The van der Waals surface area contributed by atoms with Crippen LogP contribution in [-0.4, -0.2) is 37.7 Å². The fraction of sp³-hybridized carbons (Fsp3) is 0.385. The summed E-state index contributed by atoms with van der Waals surface area (Å²) in [5, 5.41) is 3.38. The summed E-state index contributed by atoms with van der Waals surface area (Å²) in [5.41, 5.74) is 1.09. The first-order chi connectivity index (χ1) is 7.79. The van der Waals surface area contributed by atoms with Crippen molar-refractivity contribution in [3.63, 3.8) is 0 Å². The van der Waals surface area contributed by atoms with Crippen LogP contribution in [0.5, 0.6) is 5.75 Å². The first-order valence-corrected chi connectivity index (χ1v) is 5.58. The topological polar surface area (TPSA) is 24.5 Å². The molecule has 0 fully saturated rings. The molecule has 3 nitrogen and oxygen atoms in total. The average molecular weight is 218 g/mol. The Balaban J connectivity index is 1.95. The van der Waals surface area contributed by atoms with E-state index >= 15 is 0 Å². The highest BCUT2D eigenvalue weighted by atomic mass is 16.5. The van der Waals surface area contributed by atoms with Crippen LogP contribution >= 0.6 is 0 Å². The largest absolute Gasteiger partial charge is 0.485 e. The normalized spacial score (nSPS) is 18.5. The van der Waals surface area contributed by atoms with E-state index in [0.717, 1.165) is 31.1 Å². The Morgan fingerprint density at radius 2 is 2.38 bits per heavy atom. The predicted octanol–water partition coefficient (Wildman–Crippen LogP) is 1.98. The van der Waals surface area contributed by atoms with Crippen LogP contribution in [0.2, 0.25) is 0 Å². The standard InChI is InChI=1S/C13H18N2O/c1-3-8-15(2)10-11-9-14-12-6-4-5-7-13(12)16-11/h3-7,11,14H,1,8-10H2,2H3. The summed E-state index contributed by atoms with van der Waals surface area (Å²) in [7, 11) is 2.07. The number of nitrogens with zero attached hydrogens (tertiary/aromatic N) is 1. The lowest BCUT2D eigenvalue weighted by Crippen LogP contribution is -2.40. The molecule has 1 aliphatic heterocycles. The molecule has 0 amide bonds. The van der Waals surface area contributed by atoms with Crippen LogP contribution in [0.4, 0.5) is 5.69 Å². The Morgan fingerprint density at radius 3 is 3.19 bits per heavy atom. The summed E-state index contributed by atoms with van der Waals surface area (Å²) in [4.78, 5) is 2.20. The summed E-state index contributed by atoms with van der Waals surface area (Å²) in [6.07, 6.45) is 2.12. The number of likely N-dealkylation sites (N-methyl/N-ethyl adjacent to an activating group) is 1. The van der Waals surface area contributed by atoms with Crippen molar-refractivity contribution in [1.29, 1.82) is 0 Å². The number of rotatable bonds is 4. The molecule has 1 unspecified atom stereocenters. The summed E-state index contributed by atoms with van der Waals surface area (Å²) in [5.74, 6) is 0.950. The van der Waals surface area contributed by atoms with Gasteiger partial charge in [-0.1, -0.05) is 18.2 Å². The van der Waals surface area contributed by atoms with Gasteiger partial charge in [0.2, 0.25) is 0 Å². The molecule has 86 valence electrons. The summed E-state index contributed by atoms with van der Waals surface area (Å²) in [6.45, 7) is 6.39. The van der Waals surface area contributed by atoms with Crippen LogP contribution in [-0.2, 0) is 0 Å². The van der Waals surface area contributed by atoms with Gasteiger partial charge in [-0.3, -0.25) is 4.90 Å². The lowest BCUT2D eigenvalue weighted by molar-refractivity contribution is 0.157. The first kappa shape index (κ1) is 11.0. The van der Waals surface area contributed by atoms with Gasteiger partial charge in [0.25, 0.3) is 0 Å². The van der Waals surface area contributed by atoms with Gasteiger partial charge in [0.05, 0.1) is 12.2 Å². The molecule has 0 saturated heterocycles. The molecule has 2 rings (SSSR count). The van der Waals surface area contributed by atoms with Crippen molar-refractivity contribution < 1.29 is 4.74 Å². The molecule has 1 N–H and O–H groups in total. The van der Waals surface area contributed by atoms with Gasteiger partial charge in [0, 0.05) is 13.1 Å². The number of fused-ring (bicyclic) bond motifs is 1. The van der Waals surface area contributed by atoms with Crippen molar-refractivity contribution in [3.05, 3.63) is 36.9 Å². The van der Waals surface area contributed by atoms with Gasteiger partial charge in [0.1, 0.15) is 11.9 Å². The Morgan fingerprint density at radius 1 is 1.56 bits per heavy atom. The van der Waals surface area contributed by atoms with Gasteiger partial charge in [-0.2, -0.15) is 0 Å². The van der Waals surface area contributed by atoms with Crippen molar-refractivity contribution >= 4 is 5.69 Å². The van der Waals surface area contributed by atoms with Crippen molar-refractivity contribution in [2.75, 3.05) is 32.0 Å². The number of hydrogen-bond acceptors (Lipinski definition) is 3. The molecular weight excluding hydrogens is 200 g/mol. The van der Waals surface area contributed by atoms with Gasteiger partial charge in [0.15, 0.2) is 0 Å². The van der Waals surface area contributed by atoms with Gasteiger partial charge in [-0.15, -0.1) is 6.58 Å². The zero-order valence-electron chi connectivity index (χ0n) is 9.65. The maximum absolute atomic E-state index is 5.91. The monoisotopic (exact) mass is 218 g/mol. The van der Waals surface area contributed by atoms with Crippen LogP contribution in [0.15, 0.2) is 36.9 Å². The van der Waals surface area contributed by atoms with E-state index in [4.69, 9.17) is 4.74 Å². The second kappa shape index (κ2) is 5.03. The van der Waals surface area contributed by atoms with E-state index in [-0.39, 0.29) is 6.10 Å². The maximum atomic E-state index is 5.91. The molecule has 1 aromatic carbocycles. The predicted molar refractivity (Wildman–Crippen MR) is 67.0 cm³/mol. The van der Waals surface area contributed by atoms with Crippen molar-refractivity contribution in [1.82, 2.24) is 4.90 Å². The summed E-state index contributed by atoms with van der Waals surface area (Å²) in [6, 6.07) is 8.05. The number of anilines is 1. The highest BCUT2D eigenvalue weighted by molar-refractivity contribution is 5.57. The minimum absolute atomic E-state index is 0.208. The number of ether oxygens (including phenoxy) is 1. The molecule has 0 radical (unpaired) electrons. The van der Waals surface area contributed by atoms with Crippen molar-refractivity contribution in [2.45, 2.75) is 6.10 Å². The molecule has 1 heterocycles. The molecule has 0 spiro atoms. The zero-order valence-corrected chi connectivity index (χ0v) is 9.65. The van der Waals surface area contributed by atoms with Crippen LogP contribution in [0.25, 0.3) is 0 Å². The Kier molecular flexibility index (Phi) is 3.47. The molecule has 0 aromatic heterocycles. The second-order valence-electron chi connectivity index (χ2n) is 4.13. The van der Waals surface area contributed by atoms with Crippen LogP contribution in [0.3, 0.4) is 0 Å². The summed E-state index contributed by atoms with van der Waals surface area (Å²) < 4.78 is 5.91. The van der Waals surface area contributed by atoms with Crippen molar-refractivity contribution in [2.24, 2.45) is 0 Å². The fourth-order valence-corrected chi connectivity index (χ4v) is 1.90. The number of hydrogen-bond donors (Lipinski definition) is 1. The number of benzene rings is 1. The molecule has 16 heavy (non-hydrogen) atoms. The third-order valence-corrected chi connectivity index (χ3v) is 2.66. The minimum atomic E-state index is 0.208. The van der Waals surface area contributed by atoms with E-state index in [1.165, 1.54) is 0 Å². The third kappa shape index (κ3) is 2.55. The molecule has 0 saturated carbocycles. The highest BCUT2D eigenvalue weighted by Crippen LogP contribution is 2.28. The van der Waals surface area contributed by atoms with Crippen molar-refractivity contribution in [3.8, 4) is 5.75 Å². The van der Waals surface area contributed by atoms with Gasteiger partial charge < -0.3 is 10.1 Å². The third-order valence-electron chi connectivity index (χ3n) is 2.66. The highest BCUT2D eigenvalue weighted by Gasteiger charge is 2.19. The van der Waals surface area contributed by atoms with E-state index in [1.807, 2.05) is 30.3 Å². The molecular formula is C13H18N2O. The van der Waals surface area contributed by atoms with Gasteiger partial charge in [-0.05, 0) is 19.2 Å². The zero-order chi connectivity index (χ0) is 11.4. The van der Waals surface area contributed by atoms with E-state index in [0.29, 0.717) is 0 Å².